The highest BCUT2D eigenvalue weighted by molar-refractivity contribution is 7.92. The van der Waals surface area contributed by atoms with Crippen molar-refractivity contribution in [2.24, 2.45) is 0 Å². The van der Waals surface area contributed by atoms with Crippen LogP contribution in [-0.2, 0) is 10.0 Å². The highest BCUT2D eigenvalue weighted by Gasteiger charge is 2.27. The Kier molecular flexibility index (Phi) is 3.23. The molecule has 0 unspecified atom stereocenters. The van der Waals surface area contributed by atoms with E-state index in [1.54, 1.807) is 38.1 Å². The van der Waals surface area contributed by atoms with Crippen LogP contribution in [0.1, 0.15) is 11.4 Å². The monoisotopic (exact) mass is 280 g/mol. The summed E-state index contributed by atoms with van der Waals surface area (Å²) in [5.41, 5.74) is 7.68. The summed E-state index contributed by atoms with van der Waals surface area (Å²) in [4.78, 5) is 0.206. The second-order valence-corrected chi connectivity index (χ2v) is 6.24. The van der Waals surface area contributed by atoms with Crippen molar-refractivity contribution < 1.29 is 8.42 Å². The van der Waals surface area contributed by atoms with Gasteiger partial charge in [-0.1, -0.05) is 6.07 Å². The Labute approximate surface area is 112 Å². The number of sulfonamides is 1. The molecule has 1 aromatic carbocycles. The number of nitrogens with one attached hydrogen (secondary N) is 1. The van der Waals surface area contributed by atoms with Crippen LogP contribution in [0.3, 0.4) is 0 Å². The maximum atomic E-state index is 12.6. The Morgan fingerprint density at radius 1 is 1.32 bits per heavy atom. The van der Waals surface area contributed by atoms with E-state index in [0.717, 1.165) is 0 Å². The Bertz CT molecular complexity index is 687. The molecule has 7 heteroatoms. The zero-order valence-electron chi connectivity index (χ0n) is 11.0. The standard InChI is InChI=1S/C12H16N4O2S/c1-8-12(9(2)15-14-8)19(17,18)16(3)11-6-4-5-10(13)7-11/h4-7H,13H2,1-3H3,(H,14,15). The first kappa shape index (κ1) is 13.4. The number of nitrogens with zero attached hydrogens (tertiary/aromatic N) is 2. The van der Waals surface area contributed by atoms with Gasteiger partial charge in [-0.15, -0.1) is 0 Å². The lowest BCUT2D eigenvalue weighted by Gasteiger charge is -2.19. The van der Waals surface area contributed by atoms with Crippen molar-refractivity contribution in [2.45, 2.75) is 18.7 Å². The van der Waals surface area contributed by atoms with Crippen LogP contribution in [0.2, 0.25) is 0 Å². The normalized spacial score (nSPS) is 11.5. The summed E-state index contributed by atoms with van der Waals surface area (Å²) in [5.74, 6) is 0. The van der Waals surface area contributed by atoms with Crippen LogP contribution in [0.15, 0.2) is 29.2 Å². The highest BCUT2D eigenvalue weighted by Crippen LogP contribution is 2.26. The zero-order valence-corrected chi connectivity index (χ0v) is 11.8. The van der Waals surface area contributed by atoms with E-state index < -0.39 is 10.0 Å². The van der Waals surface area contributed by atoms with Crippen LogP contribution < -0.4 is 10.0 Å². The summed E-state index contributed by atoms with van der Waals surface area (Å²) in [5, 5.41) is 6.60. The van der Waals surface area contributed by atoms with E-state index in [-0.39, 0.29) is 4.90 Å². The molecule has 2 rings (SSSR count). The van der Waals surface area contributed by atoms with Gasteiger partial charge in [0.25, 0.3) is 10.0 Å². The lowest BCUT2D eigenvalue weighted by molar-refractivity contribution is 0.593. The summed E-state index contributed by atoms with van der Waals surface area (Å²) >= 11 is 0. The number of H-pyrrole nitrogens is 1. The summed E-state index contributed by atoms with van der Waals surface area (Å²) in [6.07, 6.45) is 0. The summed E-state index contributed by atoms with van der Waals surface area (Å²) in [6.45, 7) is 3.34. The predicted molar refractivity (Wildman–Crippen MR) is 74.5 cm³/mol. The predicted octanol–water partition coefficient (Wildman–Crippen LogP) is 1.43. The molecule has 0 atom stereocenters. The molecule has 0 amide bonds. The van der Waals surface area contributed by atoms with Crippen LogP contribution >= 0.6 is 0 Å². The van der Waals surface area contributed by atoms with Crippen molar-refractivity contribution >= 4 is 21.4 Å². The smallest absolute Gasteiger partial charge is 0.267 e. The van der Waals surface area contributed by atoms with Gasteiger partial charge in [-0.05, 0) is 32.0 Å². The first-order valence-electron chi connectivity index (χ1n) is 5.70. The second-order valence-electron chi connectivity index (χ2n) is 4.33. The Morgan fingerprint density at radius 2 is 2.00 bits per heavy atom. The van der Waals surface area contributed by atoms with E-state index in [1.165, 1.54) is 11.4 Å². The molecule has 0 saturated carbocycles. The molecule has 6 nitrogen and oxygen atoms in total. The fraction of sp³-hybridized carbons (Fsp3) is 0.250. The van der Waals surface area contributed by atoms with Gasteiger partial charge < -0.3 is 5.73 Å². The number of anilines is 2. The molecule has 102 valence electrons. The molecule has 3 N–H and O–H groups in total. The van der Waals surface area contributed by atoms with Gasteiger partial charge in [-0.3, -0.25) is 9.40 Å². The van der Waals surface area contributed by atoms with Crippen LogP contribution in [0.5, 0.6) is 0 Å². The molecule has 0 radical (unpaired) electrons. The van der Waals surface area contributed by atoms with Gasteiger partial charge in [0.05, 0.1) is 17.1 Å². The Hall–Kier alpha value is -2.02. The Balaban J connectivity index is 2.52. The first-order valence-corrected chi connectivity index (χ1v) is 7.14. The van der Waals surface area contributed by atoms with Gasteiger partial charge in [-0.2, -0.15) is 5.10 Å². The molecular formula is C12H16N4O2S. The van der Waals surface area contributed by atoms with Gasteiger partial charge in [0.15, 0.2) is 0 Å². The fourth-order valence-electron chi connectivity index (χ4n) is 1.92. The molecule has 0 fully saturated rings. The third kappa shape index (κ3) is 2.28. The molecule has 0 aliphatic rings. The van der Waals surface area contributed by atoms with Gasteiger partial charge >= 0.3 is 0 Å². The van der Waals surface area contributed by atoms with Crippen LogP contribution in [0.25, 0.3) is 0 Å². The molecule has 1 heterocycles. The number of aromatic nitrogens is 2. The van der Waals surface area contributed by atoms with Crippen molar-refractivity contribution in [3.8, 4) is 0 Å². The summed E-state index contributed by atoms with van der Waals surface area (Å²) in [6, 6.07) is 6.73. The van der Waals surface area contributed by atoms with E-state index in [0.29, 0.717) is 22.8 Å². The van der Waals surface area contributed by atoms with E-state index in [1.807, 2.05) is 0 Å². The minimum atomic E-state index is -3.64. The van der Waals surface area contributed by atoms with E-state index >= 15 is 0 Å². The number of nitrogens with two attached hydrogens (primary N) is 1. The zero-order chi connectivity index (χ0) is 14.2. The fourth-order valence-corrected chi connectivity index (χ4v) is 3.43. The lowest BCUT2D eigenvalue weighted by atomic mass is 10.3. The van der Waals surface area contributed by atoms with Crippen LogP contribution in [0, 0.1) is 13.8 Å². The van der Waals surface area contributed by atoms with Crippen molar-refractivity contribution in [1.82, 2.24) is 10.2 Å². The van der Waals surface area contributed by atoms with E-state index in [2.05, 4.69) is 10.2 Å². The summed E-state index contributed by atoms with van der Waals surface area (Å²) < 4.78 is 26.3. The van der Waals surface area contributed by atoms with E-state index in [4.69, 9.17) is 5.73 Å². The SMILES string of the molecule is Cc1n[nH]c(C)c1S(=O)(=O)N(C)c1cccc(N)c1. The molecular weight excluding hydrogens is 264 g/mol. The summed E-state index contributed by atoms with van der Waals surface area (Å²) in [7, 11) is -2.15. The molecule has 0 bridgehead atoms. The number of benzene rings is 1. The van der Waals surface area contributed by atoms with Crippen molar-refractivity contribution in [3.05, 3.63) is 35.7 Å². The quantitative estimate of drug-likeness (QED) is 0.832. The molecule has 2 aromatic rings. The molecule has 1 aromatic heterocycles. The average Bonchev–Trinajstić information content (AvgIpc) is 2.68. The third-order valence-corrected chi connectivity index (χ3v) is 4.96. The maximum Gasteiger partial charge on any atom is 0.267 e. The number of nitrogen functional groups attached to an aromatic ring is 1. The highest BCUT2D eigenvalue weighted by atomic mass is 32.2. The van der Waals surface area contributed by atoms with Crippen molar-refractivity contribution in [3.63, 3.8) is 0 Å². The topological polar surface area (TPSA) is 92.1 Å². The number of hydrogen-bond donors (Lipinski definition) is 2. The minimum absolute atomic E-state index is 0.206. The molecule has 0 saturated heterocycles. The van der Waals surface area contributed by atoms with Crippen LogP contribution in [0.4, 0.5) is 11.4 Å². The maximum absolute atomic E-state index is 12.6. The average molecular weight is 280 g/mol. The molecule has 0 aliphatic carbocycles. The van der Waals surface area contributed by atoms with Crippen molar-refractivity contribution in [1.29, 1.82) is 0 Å². The number of rotatable bonds is 3. The molecule has 0 aliphatic heterocycles. The number of aromatic amines is 1. The second kappa shape index (κ2) is 4.58. The van der Waals surface area contributed by atoms with Gasteiger partial charge in [-0.25, -0.2) is 8.42 Å². The number of hydrogen-bond acceptors (Lipinski definition) is 4. The van der Waals surface area contributed by atoms with Gasteiger partial charge in [0.1, 0.15) is 4.90 Å². The lowest BCUT2D eigenvalue weighted by Crippen LogP contribution is -2.27. The van der Waals surface area contributed by atoms with Gasteiger partial charge in [0.2, 0.25) is 0 Å². The van der Waals surface area contributed by atoms with Gasteiger partial charge in [0, 0.05) is 12.7 Å². The third-order valence-electron chi connectivity index (χ3n) is 2.91. The Morgan fingerprint density at radius 3 is 2.53 bits per heavy atom. The van der Waals surface area contributed by atoms with Crippen molar-refractivity contribution in [2.75, 3.05) is 17.1 Å². The molecule has 0 spiro atoms. The van der Waals surface area contributed by atoms with Crippen LogP contribution in [-0.4, -0.2) is 25.7 Å². The van der Waals surface area contributed by atoms with E-state index in [9.17, 15) is 8.42 Å². The minimum Gasteiger partial charge on any atom is -0.399 e. The largest absolute Gasteiger partial charge is 0.399 e. The molecule has 19 heavy (non-hydrogen) atoms. The number of aryl methyl sites for hydroxylation is 2. The first-order chi connectivity index (χ1) is 8.84.